The number of fused-ring (bicyclic) bond motifs is 2. The quantitative estimate of drug-likeness (QED) is 0.430. The van der Waals surface area contributed by atoms with E-state index < -0.39 is 5.97 Å². The summed E-state index contributed by atoms with van der Waals surface area (Å²) in [5, 5.41) is 10.4. The molecule has 1 aliphatic rings. The maximum absolute atomic E-state index is 14.6. The van der Waals surface area contributed by atoms with Crippen molar-refractivity contribution >= 4 is 17.0 Å². The summed E-state index contributed by atoms with van der Waals surface area (Å²) in [6.45, 7) is 2.77. The van der Waals surface area contributed by atoms with Crippen LogP contribution >= 0.6 is 0 Å². The maximum Gasteiger partial charge on any atom is 0.307 e. The maximum atomic E-state index is 14.6. The van der Waals surface area contributed by atoms with E-state index in [4.69, 9.17) is 14.5 Å². The molecule has 0 spiro atoms. The molecule has 0 atom stereocenters. The summed E-state index contributed by atoms with van der Waals surface area (Å²) in [7, 11) is 1.52. The van der Waals surface area contributed by atoms with E-state index in [1.807, 2.05) is 35.9 Å². The molecule has 0 radical (unpaired) electrons. The van der Waals surface area contributed by atoms with Gasteiger partial charge in [-0.05, 0) is 72.4 Å². The fourth-order valence-electron chi connectivity index (χ4n) is 4.75. The van der Waals surface area contributed by atoms with Gasteiger partial charge < -0.3 is 19.1 Å². The van der Waals surface area contributed by atoms with Gasteiger partial charge in [0.15, 0.2) is 0 Å². The number of methoxy groups -OCH3 is 1. The monoisotopic (exact) mass is 460 g/mol. The molecule has 5 rings (SSSR count). The molecular weight excluding hydrogens is 435 g/mol. The summed E-state index contributed by atoms with van der Waals surface area (Å²) >= 11 is 0. The topological polar surface area (TPSA) is 73.6 Å². The fraction of sp³-hybridized carbons (Fsp3) is 0.259. The van der Waals surface area contributed by atoms with E-state index in [0.717, 1.165) is 40.7 Å². The van der Waals surface area contributed by atoms with Crippen LogP contribution in [0.5, 0.6) is 11.5 Å². The van der Waals surface area contributed by atoms with Crippen molar-refractivity contribution in [3.63, 3.8) is 0 Å². The van der Waals surface area contributed by atoms with Gasteiger partial charge >= 0.3 is 5.97 Å². The Morgan fingerprint density at radius 2 is 2.09 bits per heavy atom. The summed E-state index contributed by atoms with van der Waals surface area (Å²) in [5.74, 6) is 0.0784. The largest absolute Gasteiger partial charge is 0.496 e. The van der Waals surface area contributed by atoms with Crippen molar-refractivity contribution < 1.29 is 23.8 Å². The van der Waals surface area contributed by atoms with Crippen molar-refractivity contribution in [2.24, 2.45) is 0 Å². The third kappa shape index (κ3) is 3.87. The normalized spacial score (nSPS) is 12.9. The second-order valence-corrected chi connectivity index (χ2v) is 8.50. The highest BCUT2D eigenvalue weighted by atomic mass is 19.1. The molecule has 7 heteroatoms. The summed E-state index contributed by atoms with van der Waals surface area (Å²) in [5.41, 5.74) is 5.31. The van der Waals surface area contributed by atoms with E-state index in [0.29, 0.717) is 34.8 Å². The van der Waals surface area contributed by atoms with E-state index >= 15 is 0 Å². The van der Waals surface area contributed by atoms with Crippen molar-refractivity contribution in [2.45, 2.75) is 32.7 Å². The molecule has 2 aromatic heterocycles. The van der Waals surface area contributed by atoms with Crippen molar-refractivity contribution in [1.29, 1.82) is 0 Å². The average molecular weight is 461 g/mol. The standard InChI is InChI=1S/C27H25FN2O4/c1-16-20(14-25(31)32)26(18-8-9-23-17(13-18)5-4-12-34-23)19-10-11-30(27(19)29-16)15-21-22(28)6-3-7-24(21)33-2/h3,6-11,13H,4-5,12,14-15H2,1-2H3,(H,31,32). The first-order valence-corrected chi connectivity index (χ1v) is 11.2. The number of carboxylic acids is 1. The first kappa shape index (κ1) is 21.9. The van der Waals surface area contributed by atoms with Crippen molar-refractivity contribution in [3.8, 4) is 22.6 Å². The average Bonchev–Trinajstić information content (AvgIpc) is 3.22. The highest BCUT2D eigenvalue weighted by molar-refractivity contribution is 5.97. The number of carboxylic acid groups (broad SMARTS) is 1. The zero-order chi connectivity index (χ0) is 23.8. The summed E-state index contributed by atoms with van der Waals surface area (Å²) in [4.78, 5) is 16.5. The second-order valence-electron chi connectivity index (χ2n) is 8.50. The van der Waals surface area contributed by atoms with E-state index in [1.165, 1.54) is 13.2 Å². The number of rotatable bonds is 6. The molecule has 34 heavy (non-hydrogen) atoms. The van der Waals surface area contributed by atoms with Crippen LogP contribution < -0.4 is 9.47 Å². The zero-order valence-electron chi connectivity index (χ0n) is 19.1. The Hall–Kier alpha value is -3.87. The fourth-order valence-corrected chi connectivity index (χ4v) is 4.75. The van der Waals surface area contributed by atoms with Gasteiger partial charge in [-0.2, -0.15) is 0 Å². The molecule has 0 saturated heterocycles. The van der Waals surface area contributed by atoms with Crippen LogP contribution in [0.4, 0.5) is 4.39 Å². The third-order valence-electron chi connectivity index (χ3n) is 6.36. The van der Waals surface area contributed by atoms with Gasteiger partial charge in [-0.25, -0.2) is 9.37 Å². The molecule has 2 aromatic carbocycles. The van der Waals surface area contributed by atoms with Gasteiger partial charge in [0.1, 0.15) is 23.0 Å². The van der Waals surface area contributed by atoms with Crippen LogP contribution in [0.15, 0.2) is 48.7 Å². The lowest BCUT2D eigenvalue weighted by Gasteiger charge is -2.20. The molecule has 3 heterocycles. The molecule has 0 aliphatic carbocycles. The molecule has 174 valence electrons. The summed E-state index contributed by atoms with van der Waals surface area (Å²) in [6, 6.07) is 12.7. The Kier molecular flexibility index (Phi) is 5.69. The molecule has 1 N–H and O–H groups in total. The number of hydrogen-bond donors (Lipinski definition) is 1. The van der Waals surface area contributed by atoms with Gasteiger partial charge in [-0.15, -0.1) is 0 Å². The van der Waals surface area contributed by atoms with Gasteiger partial charge in [0.2, 0.25) is 0 Å². The lowest BCUT2D eigenvalue weighted by molar-refractivity contribution is -0.136. The number of nitrogens with zero attached hydrogens (tertiary/aromatic N) is 2. The minimum atomic E-state index is -0.915. The number of aromatic nitrogens is 2. The predicted octanol–water partition coefficient (Wildman–Crippen LogP) is 5.16. The Morgan fingerprint density at radius 1 is 1.24 bits per heavy atom. The summed E-state index contributed by atoms with van der Waals surface area (Å²) < 4.78 is 27.6. The van der Waals surface area contributed by atoms with Gasteiger partial charge in [0.05, 0.1) is 26.7 Å². The number of carbonyl (C=O) groups is 1. The van der Waals surface area contributed by atoms with Gasteiger partial charge in [0.25, 0.3) is 0 Å². The van der Waals surface area contributed by atoms with E-state index in [1.54, 1.807) is 12.1 Å². The number of pyridine rings is 1. The Bertz CT molecular complexity index is 1410. The number of benzene rings is 2. The van der Waals surface area contributed by atoms with E-state index in [2.05, 4.69) is 6.07 Å². The van der Waals surface area contributed by atoms with Crippen LogP contribution in [-0.2, 0) is 24.2 Å². The van der Waals surface area contributed by atoms with Gasteiger partial charge in [0, 0.05) is 22.8 Å². The van der Waals surface area contributed by atoms with Crippen LogP contribution in [0, 0.1) is 12.7 Å². The Morgan fingerprint density at radius 3 is 2.88 bits per heavy atom. The van der Waals surface area contributed by atoms with Gasteiger partial charge in [-0.1, -0.05) is 12.1 Å². The molecule has 0 bridgehead atoms. The molecule has 0 fully saturated rings. The minimum Gasteiger partial charge on any atom is -0.496 e. The highest BCUT2D eigenvalue weighted by Crippen LogP contribution is 2.38. The SMILES string of the molecule is COc1cccc(F)c1Cn1ccc2c(-c3ccc4c(c3)CCCO4)c(CC(=O)O)c(C)nc21. The number of ether oxygens (including phenoxy) is 2. The van der Waals surface area contributed by atoms with Gasteiger partial charge in [-0.3, -0.25) is 4.79 Å². The zero-order valence-corrected chi connectivity index (χ0v) is 19.1. The molecule has 0 unspecified atom stereocenters. The van der Waals surface area contributed by atoms with E-state index in [9.17, 15) is 14.3 Å². The number of hydrogen-bond acceptors (Lipinski definition) is 4. The lowest BCUT2D eigenvalue weighted by Crippen LogP contribution is -2.10. The first-order chi connectivity index (χ1) is 16.5. The summed E-state index contributed by atoms with van der Waals surface area (Å²) in [6.07, 6.45) is 3.59. The number of aryl methyl sites for hydroxylation is 2. The van der Waals surface area contributed by atoms with Crippen LogP contribution in [0.3, 0.4) is 0 Å². The molecule has 0 saturated carbocycles. The molecule has 1 aliphatic heterocycles. The van der Waals surface area contributed by atoms with Crippen molar-refractivity contribution in [1.82, 2.24) is 9.55 Å². The van der Waals surface area contributed by atoms with Crippen LogP contribution in [0.1, 0.15) is 28.8 Å². The van der Waals surface area contributed by atoms with Crippen LogP contribution in [0.25, 0.3) is 22.2 Å². The number of aliphatic carboxylic acids is 1. The van der Waals surface area contributed by atoms with Crippen molar-refractivity contribution in [3.05, 3.63) is 76.9 Å². The molecule has 6 nitrogen and oxygen atoms in total. The minimum absolute atomic E-state index is 0.135. The smallest absolute Gasteiger partial charge is 0.307 e. The highest BCUT2D eigenvalue weighted by Gasteiger charge is 2.21. The van der Waals surface area contributed by atoms with Crippen LogP contribution in [-0.4, -0.2) is 34.3 Å². The molecule has 4 aromatic rings. The van der Waals surface area contributed by atoms with Crippen LogP contribution in [0.2, 0.25) is 0 Å². The number of halogens is 1. The predicted molar refractivity (Wildman–Crippen MR) is 127 cm³/mol. The molecular formula is C27H25FN2O4. The molecule has 0 amide bonds. The lowest BCUT2D eigenvalue weighted by atomic mass is 9.92. The third-order valence-corrected chi connectivity index (χ3v) is 6.36. The Balaban J connectivity index is 1.70. The first-order valence-electron chi connectivity index (χ1n) is 11.2. The van der Waals surface area contributed by atoms with E-state index in [-0.39, 0.29) is 18.8 Å². The Labute approximate surface area is 196 Å². The van der Waals surface area contributed by atoms with Crippen molar-refractivity contribution in [2.75, 3.05) is 13.7 Å². The second kappa shape index (κ2) is 8.82.